The smallest absolute Gasteiger partial charge is 0.319 e. The zero-order valence-electron chi connectivity index (χ0n) is 11.4. The fraction of sp³-hybridized carbons (Fsp3) is 0.0667. The van der Waals surface area contributed by atoms with Crippen molar-refractivity contribution in [2.45, 2.75) is 6.18 Å². The average molecular weight is 340 g/mol. The third-order valence-corrected chi connectivity index (χ3v) is 3.53. The summed E-state index contributed by atoms with van der Waals surface area (Å²) in [6.45, 7) is 0. The first-order valence-corrected chi connectivity index (χ1v) is 6.84. The van der Waals surface area contributed by atoms with Crippen LogP contribution < -0.4 is 5.32 Å². The second kappa shape index (κ2) is 5.58. The average Bonchev–Trinajstić information content (AvgIpc) is 2.96. The normalized spacial score (nSPS) is 11.7. The minimum Gasteiger partial charge on any atom is -0.319 e. The highest BCUT2D eigenvalue weighted by Gasteiger charge is 2.31. The number of carbonyl (C=O) groups excluding carboxylic acids is 1. The highest BCUT2D eigenvalue weighted by atomic mass is 35.5. The van der Waals surface area contributed by atoms with E-state index in [0.717, 1.165) is 18.2 Å². The van der Waals surface area contributed by atoms with Crippen LogP contribution in [0.25, 0.3) is 5.65 Å². The van der Waals surface area contributed by atoms with E-state index in [9.17, 15) is 18.0 Å². The Morgan fingerprint density at radius 1 is 1.22 bits per heavy atom. The largest absolute Gasteiger partial charge is 0.416 e. The van der Waals surface area contributed by atoms with E-state index in [0.29, 0.717) is 5.65 Å². The number of nitrogens with zero attached hydrogens (tertiary/aromatic N) is 2. The van der Waals surface area contributed by atoms with E-state index in [-0.39, 0.29) is 16.4 Å². The number of benzene rings is 1. The molecule has 0 aliphatic rings. The molecular weight excluding hydrogens is 331 g/mol. The summed E-state index contributed by atoms with van der Waals surface area (Å²) < 4.78 is 39.8. The fourth-order valence-corrected chi connectivity index (χ4v) is 2.28. The van der Waals surface area contributed by atoms with Gasteiger partial charge >= 0.3 is 6.18 Å². The molecule has 8 heteroatoms. The molecule has 0 unspecified atom stereocenters. The summed E-state index contributed by atoms with van der Waals surface area (Å²) in [4.78, 5) is 16.4. The molecule has 0 saturated carbocycles. The Balaban J connectivity index is 1.96. The van der Waals surface area contributed by atoms with Gasteiger partial charge in [-0.25, -0.2) is 4.98 Å². The molecule has 0 bridgehead atoms. The third kappa shape index (κ3) is 3.00. The van der Waals surface area contributed by atoms with E-state index in [4.69, 9.17) is 11.6 Å². The van der Waals surface area contributed by atoms with Gasteiger partial charge in [-0.1, -0.05) is 17.7 Å². The Kier molecular flexibility index (Phi) is 3.73. The number of anilines is 1. The van der Waals surface area contributed by atoms with Gasteiger partial charge in [-0.3, -0.25) is 9.20 Å². The number of pyridine rings is 1. The number of aromatic nitrogens is 2. The quantitative estimate of drug-likeness (QED) is 0.758. The number of hydrogen-bond donors (Lipinski definition) is 1. The van der Waals surface area contributed by atoms with Crippen molar-refractivity contribution in [3.63, 3.8) is 0 Å². The van der Waals surface area contributed by atoms with Crippen LogP contribution in [0.4, 0.5) is 18.9 Å². The van der Waals surface area contributed by atoms with Gasteiger partial charge in [0.25, 0.3) is 5.91 Å². The van der Waals surface area contributed by atoms with Gasteiger partial charge in [0.2, 0.25) is 0 Å². The molecule has 1 aromatic carbocycles. The number of rotatable bonds is 2. The molecule has 0 saturated heterocycles. The van der Waals surface area contributed by atoms with Gasteiger partial charge in [0, 0.05) is 12.4 Å². The Bertz CT molecular complexity index is 889. The first-order chi connectivity index (χ1) is 10.9. The molecule has 118 valence electrons. The Labute approximate surface area is 133 Å². The van der Waals surface area contributed by atoms with E-state index >= 15 is 0 Å². The first kappa shape index (κ1) is 15.4. The van der Waals surface area contributed by atoms with Gasteiger partial charge in [0.15, 0.2) is 0 Å². The van der Waals surface area contributed by atoms with Crippen LogP contribution in [0.15, 0.2) is 48.8 Å². The van der Waals surface area contributed by atoms with Gasteiger partial charge < -0.3 is 5.32 Å². The number of amides is 1. The van der Waals surface area contributed by atoms with Crippen molar-refractivity contribution in [2.75, 3.05) is 5.32 Å². The monoisotopic (exact) mass is 339 g/mol. The summed E-state index contributed by atoms with van der Waals surface area (Å²) in [5.41, 5.74) is -0.220. The Morgan fingerprint density at radius 2 is 2.00 bits per heavy atom. The number of imidazole rings is 1. The van der Waals surface area contributed by atoms with Crippen molar-refractivity contribution in [2.24, 2.45) is 0 Å². The molecule has 23 heavy (non-hydrogen) atoms. The Hall–Kier alpha value is -2.54. The molecular formula is C15H9ClF3N3O. The number of alkyl halides is 3. The van der Waals surface area contributed by atoms with Crippen LogP contribution in [-0.2, 0) is 6.18 Å². The molecule has 0 spiro atoms. The first-order valence-electron chi connectivity index (χ1n) is 6.46. The van der Waals surface area contributed by atoms with Crippen LogP contribution in [0.2, 0.25) is 5.02 Å². The lowest BCUT2D eigenvalue weighted by Crippen LogP contribution is -2.16. The van der Waals surface area contributed by atoms with E-state index in [1.807, 2.05) is 0 Å². The fourth-order valence-electron chi connectivity index (χ4n) is 2.12. The highest BCUT2D eigenvalue weighted by molar-refractivity contribution is 6.33. The minimum absolute atomic E-state index is 0.0177. The van der Waals surface area contributed by atoms with E-state index in [1.165, 1.54) is 16.7 Å². The van der Waals surface area contributed by atoms with Gasteiger partial charge in [-0.05, 0) is 30.3 Å². The van der Waals surface area contributed by atoms with Crippen molar-refractivity contribution in [1.29, 1.82) is 0 Å². The lowest BCUT2D eigenvalue weighted by Gasteiger charge is -2.12. The number of fused-ring (bicyclic) bond motifs is 1. The van der Waals surface area contributed by atoms with Crippen molar-refractivity contribution in [3.8, 4) is 0 Å². The predicted molar refractivity (Wildman–Crippen MR) is 79.6 cm³/mol. The zero-order chi connectivity index (χ0) is 16.6. The molecule has 0 radical (unpaired) electrons. The molecule has 3 aromatic rings. The standard InChI is InChI=1S/C15H9ClF3N3O/c16-10-5-4-9(15(17,18)19)8-11(10)21-14(23)12-2-1-3-13-20-6-7-22(12)13/h1-8H,(H,21,23). The maximum Gasteiger partial charge on any atom is 0.416 e. The number of carbonyl (C=O) groups is 1. The second-order valence-corrected chi connectivity index (χ2v) is 5.12. The molecule has 1 amide bonds. The predicted octanol–water partition coefficient (Wildman–Crippen LogP) is 4.26. The lowest BCUT2D eigenvalue weighted by molar-refractivity contribution is -0.137. The molecule has 1 N–H and O–H groups in total. The van der Waals surface area contributed by atoms with Crippen LogP contribution in [0.1, 0.15) is 16.1 Å². The number of nitrogens with one attached hydrogen (secondary N) is 1. The molecule has 0 fully saturated rings. The van der Waals surface area contributed by atoms with Gasteiger partial charge in [-0.15, -0.1) is 0 Å². The molecule has 2 aromatic heterocycles. The Morgan fingerprint density at radius 3 is 2.74 bits per heavy atom. The van der Waals surface area contributed by atoms with E-state index in [1.54, 1.807) is 18.3 Å². The van der Waals surface area contributed by atoms with Crippen LogP contribution >= 0.6 is 11.6 Å². The molecule has 3 rings (SSSR count). The van der Waals surface area contributed by atoms with Crippen molar-refractivity contribution in [3.05, 3.63) is 65.1 Å². The summed E-state index contributed by atoms with van der Waals surface area (Å²) >= 11 is 5.87. The van der Waals surface area contributed by atoms with Crippen LogP contribution in [0, 0.1) is 0 Å². The maximum absolute atomic E-state index is 12.8. The second-order valence-electron chi connectivity index (χ2n) is 4.71. The third-order valence-electron chi connectivity index (χ3n) is 3.20. The molecule has 0 aliphatic heterocycles. The van der Waals surface area contributed by atoms with Crippen molar-refractivity contribution >= 4 is 28.8 Å². The molecule has 0 atom stereocenters. The van der Waals surface area contributed by atoms with Gasteiger partial charge in [0.05, 0.1) is 16.3 Å². The summed E-state index contributed by atoms with van der Waals surface area (Å²) in [5.74, 6) is -0.588. The van der Waals surface area contributed by atoms with Gasteiger partial charge in [-0.2, -0.15) is 13.2 Å². The van der Waals surface area contributed by atoms with Crippen LogP contribution in [-0.4, -0.2) is 15.3 Å². The van der Waals surface area contributed by atoms with Crippen molar-refractivity contribution in [1.82, 2.24) is 9.38 Å². The summed E-state index contributed by atoms with van der Waals surface area (Å²) in [5, 5.41) is 2.42. The topological polar surface area (TPSA) is 46.4 Å². The van der Waals surface area contributed by atoms with Crippen LogP contribution in [0.5, 0.6) is 0 Å². The summed E-state index contributed by atoms with van der Waals surface area (Å²) in [7, 11) is 0. The maximum atomic E-state index is 12.8. The minimum atomic E-state index is -4.52. The molecule has 2 heterocycles. The molecule has 4 nitrogen and oxygen atoms in total. The van der Waals surface area contributed by atoms with Gasteiger partial charge in [0.1, 0.15) is 11.3 Å². The summed E-state index contributed by atoms with van der Waals surface area (Å²) in [6, 6.07) is 7.62. The summed E-state index contributed by atoms with van der Waals surface area (Å²) in [6.07, 6.45) is -1.42. The zero-order valence-corrected chi connectivity index (χ0v) is 12.2. The van der Waals surface area contributed by atoms with Crippen LogP contribution in [0.3, 0.4) is 0 Å². The number of hydrogen-bond acceptors (Lipinski definition) is 2. The highest BCUT2D eigenvalue weighted by Crippen LogP contribution is 2.33. The lowest BCUT2D eigenvalue weighted by atomic mass is 10.2. The van der Waals surface area contributed by atoms with E-state index in [2.05, 4.69) is 10.3 Å². The number of halogens is 4. The van der Waals surface area contributed by atoms with E-state index < -0.39 is 17.6 Å². The molecule has 0 aliphatic carbocycles. The SMILES string of the molecule is O=C(Nc1cc(C(F)(F)F)ccc1Cl)c1cccc2nccn12. The van der Waals surface area contributed by atoms with Crippen molar-refractivity contribution < 1.29 is 18.0 Å².